The summed E-state index contributed by atoms with van der Waals surface area (Å²) in [5.74, 6) is 1.83. The first-order valence-electron chi connectivity index (χ1n) is 12.7. The van der Waals surface area contributed by atoms with Gasteiger partial charge in [-0.15, -0.1) is 0 Å². The van der Waals surface area contributed by atoms with Crippen LogP contribution in [-0.2, 0) is 6.54 Å². The number of hydrogen-bond donors (Lipinski definition) is 2. The van der Waals surface area contributed by atoms with Crippen molar-refractivity contribution in [3.8, 4) is 11.4 Å². The van der Waals surface area contributed by atoms with Crippen molar-refractivity contribution < 1.29 is 4.42 Å². The molecule has 5 heterocycles. The highest BCUT2D eigenvalue weighted by atomic mass is 35.5. The number of hydrogen-bond acceptors (Lipinski definition) is 7. The second-order valence-electron chi connectivity index (χ2n) is 9.88. The van der Waals surface area contributed by atoms with Crippen molar-refractivity contribution >= 4 is 34.1 Å². The Labute approximate surface area is 216 Å². The van der Waals surface area contributed by atoms with Crippen LogP contribution in [0.3, 0.4) is 0 Å². The van der Waals surface area contributed by atoms with E-state index in [1.54, 1.807) is 12.5 Å². The molecule has 2 saturated heterocycles. The number of furan rings is 1. The van der Waals surface area contributed by atoms with Crippen LogP contribution in [0.5, 0.6) is 0 Å². The molecule has 0 spiro atoms. The van der Waals surface area contributed by atoms with Gasteiger partial charge in [0.15, 0.2) is 5.65 Å². The lowest BCUT2D eigenvalue weighted by atomic mass is 10.1. The minimum absolute atomic E-state index is 0.392. The number of nitrogens with one attached hydrogen (secondary N) is 2. The number of piperazine rings is 1. The van der Waals surface area contributed by atoms with Crippen LogP contribution in [0.1, 0.15) is 18.6 Å². The number of rotatable bonds is 6. The van der Waals surface area contributed by atoms with E-state index in [9.17, 15) is 0 Å². The molecule has 9 heteroatoms. The van der Waals surface area contributed by atoms with Gasteiger partial charge in [-0.3, -0.25) is 4.90 Å². The van der Waals surface area contributed by atoms with E-state index in [0.29, 0.717) is 11.1 Å². The number of halogens is 1. The number of likely N-dealkylation sites (tertiary alicyclic amines) is 1. The third kappa shape index (κ3) is 4.93. The normalized spacial score (nSPS) is 18.2. The fraction of sp³-hybridized carbons (Fsp3) is 0.407. The number of benzene rings is 1. The van der Waals surface area contributed by atoms with E-state index < -0.39 is 0 Å². The Bertz CT molecular complexity index is 1290. The Balaban J connectivity index is 1.14. The summed E-state index contributed by atoms with van der Waals surface area (Å²) in [5.41, 5.74) is 4.70. The largest absolute Gasteiger partial charge is 0.468 e. The average molecular weight is 506 g/mol. The number of anilines is 2. The summed E-state index contributed by atoms with van der Waals surface area (Å²) in [5, 5.41) is 4.26. The molecular weight excluding hydrogens is 474 g/mol. The zero-order valence-electron chi connectivity index (χ0n) is 20.6. The second-order valence-corrected chi connectivity index (χ2v) is 10.3. The number of piperidine rings is 1. The first-order valence-corrected chi connectivity index (χ1v) is 13.1. The van der Waals surface area contributed by atoms with Gasteiger partial charge in [0.25, 0.3) is 0 Å². The molecule has 2 aliphatic heterocycles. The number of fused-ring (bicyclic) bond motifs is 1. The molecule has 0 unspecified atom stereocenters. The zero-order valence-corrected chi connectivity index (χ0v) is 21.3. The molecule has 8 nitrogen and oxygen atoms in total. The predicted octanol–water partition coefficient (Wildman–Crippen LogP) is 4.70. The lowest BCUT2D eigenvalue weighted by molar-refractivity contribution is 0.230. The van der Waals surface area contributed by atoms with Crippen LogP contribution in [0.15, 0.2) is 53.3 Å². The van der Waals surface area contributed by atoms with Gasteiger partial charge in [0.05, 0.1) is 29.7 Å². The van der Waals surface area contributed by atoms with Gasteiger partial charge in [-0.1, -0.05) is 11.6 Å². The van der Waals surface area contributed by atoms with Crippen molar-refractivity contribution in [1.29, 1.82) is 0 Å². The van der Waals surface area contributed by atoms with Crippen molar-refractivity contribution in [2.45, 2.75) is 25.4 Å². The summed E-state index contributed by atoms with van der Waals surface area (Å²) in [7, 11) is 2.17. The van der Waals surface area contributed by atoms with Gasteiger partial charge in [0, 0.05) is 43.5 Å². The molecular formula is C27H32ClN7O. The van der Waals surface area contributed by atoms with Crippen LogP contribution in [-0.4, -0.2) is 77.1 Å². The van der Waals surface area contributed by atoms with Gasteiger partial charge in [-0.25, -0.2) is 9.97 Å². The van der Waals surface area contributed by atoms with Gasteiger partial charge < -0.3 is 24.5 Å². The molecule has 0 radical (unpaired) electrons. The molecule has 2 fully saturated rings. The van der Waals surface area contributed by atoms with Gasteiger partial charge in [0.2, 0.25) is 0 Å². The summed E-state index contributed by atoms with van der Waals surface area (Å²) in [6.45, 7) is 7.08. The van der Waals surface area contributed by atoms with Crippen LogP contribution in [0.2, 0.25) is 5.02 Å². The van der Waals surface area contributed by atoms with E-state index in [2.05, 4.69) is 61.3 Å². The highest BCUT2D eigenvalue weighted by Crippen LogP contribution is 2.32. The Hall–Kier alpha value is -3.07. The Morgan fingerprint density at radius 3 is 2.56 bits per heavy atom. The predicted molar refractivity (Wildman–Crippen MR) is 145 cm³/mol. The van der Waals surface area contributed by atoms with Gasteiger partial charge in [-0.05, 0) is 69.4 Å². The highest BCUT2D eigenvalue weighted by molar-refractivity contribution is 6.34. The molecule has 0 bridgehead atoms. The molecule has 0 aliphatic carbocycles. The molecule has 3 aromatic heterocycles. The van der Waals surface area contributed by atoms with E-state index >= 15 is 0 Å². The maximum atomic E-state index is 6.56. The molecule has 0 amide bonds. The molecule has 4 aromatic rings. The van der Waals surface area contributed by atoms with Crippen molar-refractivity contribution in [1.82, 2.24) is 24.8 Å². The Morgan fingerprint density at radius 1 is 1.06 bits per heavy atom. The molecule has 2 N–H and O–H groups in total. The van der Waals surface area contributed by atoms with Gasteiger partial charge in [0.1, 0.15) is 17.1 Å². The third-order valence-electron chi connectivity index (χ3n) is 7.37. The number of aromatic nitrogens is 3. The first-order chi connectivity index (χ1) is 17.6. The first kappa shape index (κ1) is 23.3. The van der Waals surface area contributed by atoms with Crippen molar-refractivity contribution in [3.05, 3.63) is 59.6 Å². The highest BCUT2D eigenvalue weighted by Gasteiger charge is 2.21. The Kier molecular flexibility index (Phi) is 6.56. The van der Waals surface area contributed by atoms with Crippen LogP contribution >= 0.6 is 11.6 Å². The fourth-order valence-corrected chi connectivity index (χ4v) is 5.37. The second kappa shape index (κ2) is 10.1. The van der Waals surface area contributed by atoms with E-state index in [1.165, 1.54) is 5.69 Å². The summed E-state index contributed by atoms with van der Waals surface area (Å²) in [4.78, 5) is 20.0. The van der Waals surface area contributed by atoms with E-state index in [0.717, 1.165) is 92.7 Å². The summed E-state index contributed by atoms with van der Waals surface area (Å²) in [6.07, 6.45) is 5.63. The number of nitrogens with zero attached hydrogens (tertiary/aromatic N) is 5. The number of aromatic amines is 1. The number of pyridine rings is 1. The zero-order chi connectivity index (χ0) is 24.5. The van der Waals surface area contributed by atoms with Crippen molar-refractivity contribution in [2.24, 2.45) is 0 Å². The number of H-pyrrole nitrogens is 1. The standard InChI is InChI=1S/C27H32ClN7O/c1-33-10-8-20(9-11-33)30-24-23(28)17-29-27-25(24)31-26(32-27)19-4-6-21(7-5-19)35-14-12-34(13-15-35)18-22-3-2-16-36-22/h2-7,16-17,20H,8-15,18H2,1H3,(H2,29,30,31,32). The summed E-state index contributed by atoms with van der Waals surface area (Å²) < 4.78 is 5.50. The van der Waals surface area contributed by atoms with E-state index in [1.807, 2.05) is 12.1 Å². The monoisotopic (exact) mass is 505 g/mol. The smallest absolute Gasteiger partial charge is 0.159 e. The average Bonchev–Trinajstić information content (AvgIpc) is 3.58. The molecule has 2 aliphatic rings. The van der Waals surface area contributed by atoms with Crippen molar-refractivity contribution in [2.75, 3.05) is 56.5 Å². The quantitative estimate of drug-likeness (QED) is 0.393. The topological polar surface area (TPSA) is 76.5 Å². The minimum atomic E-state index is 0.392. The van der Waals surface area contributed by atoms with Crippen LogP contribution in [0, 0.1) is 0 Å². The number of imidazole rings is 1. The molecule has 36 heavy (non-hydrogen) atoms. The van der Waals surface area contributed by atoms with E-state index in [-0.39, 0.29) is 0 Å². The molecule has 1 aromatic carbocycles. The van der Waals surface area contributed by atoms with Gasteiger partial charge >= 0.3 is 0 Å². The Morgan fingerprint density at radius 2 is 1.83 bits per heavy atom. The fourth-order valence-electron chi connectivity index (χ4n) is 5.18. The molecule has 0 atom stereocenters. The van der Waals surface area contributed by atoms with Crippen molar-refractivity contribution in [3.63, 3.8) is 0 Å². The summed E-state index contributed by atoms with van der Waals surface area (Å²) >= 11 is 6.56. The molecule has 188 valence electrons. The minimum Gasteiger partial charge on any atom is -0.468 e. The summed E-state index contributed by atoms with van der Waals surface area (Å²) in [6, 6.07) is 13.0. The maximum absolute atomic E-state index is 6.56. The lowest BCUT2D eigenvalue weighted by Gasteiger charge is -2.35. The lowest BCUT2D eigenvalue weighted by Crippen LogP contribution is -2.45. The maximum Gasteiger partial charge on any atom is 0.159 e. The molecule has 0 saturated carbocycles. The van der Waals surface area contributed by atoms with Crippen LogP contribution in [0.4, 0.5) is 11.4 Å². The molecule has 6 rings (SSSR count). The van der Waals surface area contributed by atoms with Crippen LogP contribution in [0.25, 0.3) is 22.6 Å². The SMILES string of the molecule is CN1CCC(Nc2c(Cl)cnc3[nH]c(-c4ccc(N5CCN(Cc6ccco6)CC5)cc4)nc23)CC1. The van der Waals surface area contributed by atoms with Gasteiger partial charge in [-0.2, -0.15) is 0 Å². The van der Waals surface area contributed by atoms with Crippen LogP contribution < -0.4 is 10.2 Å². The van der Waals surface area contributed by atoms with E-state index in [4.69, 9.17) is 21.0 Å². The third-order valence-corrected chi connectivity index (χ3v) is 7.66.